The minimum absolute atomic E-state index is 0.199. The number of amides is 1. The van der Waals surface area contributed by atoms with Crippen LogP contribution in [-0.2, 0) is 5.60 Å². The Balaban J connectivity index is 2.13. The Labute approximate surface area is 124 Å². The maximum atomic E-state index is 13.5. The number of furan rings is 1. The van der Waals surface area contributed by atoms with Gasteiger partial charge in [-0.15, -0.1) is 0 Å². The van der Waals surface area contributed by atoms with Gasteiger partial charge in [-0.3, -0.25) is 4.79 Å². The number of aryl methyl sites for hydroxylation is 1. The largest absolute Gasteiger partial charge is 0.463 e. The second-order valence-electron chi connectivity index (χ2n) is 5.11. The van der Waals surface area contributed by atoms with Crippen LogP contribution in [0.3, 0.4) is 0 Å². The van der Waals surface area contributed by atoms with Gasteiger partial charge in [0.15, 0.2) is 0 Å². The van der Waals surface area contributed by atoms with Crippen molar-refractivity contribution in [2.45, 2.75) is 19.4 Å². The molecule has 1 aromatic carbocycles. The zero-order chi connectivity index (χ0) is 16.5. The number of aliphatic hydroxyl groups is 1. The Morgan fingerprint density at radius 1 is 1.27 bits per heavy atom. The van der Waals surface area contributed by atoms with Gasteiger partial charge in [-0.05, 0) is 26.0 Å². The van der Waals surface area contributed by atoms with Crippen LogP contribution in [-0.4, -0.2) is 17.6 Å². The standard InChI is InChI=1S/C15H14F3NO3/c1-8-3-4-12(22-8)15(2,21)7-19-14(20)13-10(17)5-9(16)6-11(13)18/h3-6,21H,7H2,1-2H3,(H,19,20)/t15-/m1/s1. The molecule has 1 aromatic heterocycles. The molecule has 0 fully saturated rings. The van der Waals surface area contributed by atoms with E-state index in [0.717, 1.165) is 0 Å². The van der Waals surface area contributed by atoms with Crippen molar-refractivity contribution in [1.82, 2.24) is 5.32 Å². The van der Waals surface area contributed by atoms with Crippen LogP contribution in [0.2, 0.25) is 0 Å². The third-order valence-electron chi connectivity index (χ3n) is 3.10. The van der Waals surface area contributed by atoms with Crippen molar-refractivity contribution >= 4 is 5.91 Å². The van der Waals surface area contributed by atoms with E-state index in [2.05, 4.69) is 5.32 Å². The van der Waals surface area contributed by atoms with Gasteiger partial charge in [-0.2, -0.15) is 0 Å². The second-order valence-corrected chi connectivity index (χ2v) is 5.11. The molecule has 0 aliphatic carbocycles. The summed E-state index contributed by atoms with van der Waals surface area (Å²) in [7, 11) is 0. The molecule has 118 valence electrons. The molecule has 0 saturated heterocycles. The molecule has 2 aromatic rings. The molecule has 0 radical (unpaired) electrons. The van der Waals surface area contributed by atoms with Crippen molar-refractivity contribution in [2.24, 2.45) is 0 Å². The first kappa shape index (κ1) is 16.1. The highest BCUT2D eigenvalue weighted by atomic mass is 19.1. The van der Waals surface area contributed by atoms with E-state index >= 15 is 0 Å². The smallest absolute Gasteiger partial charge is 0.257 e. The fraction of sp³-hybridized carbons (Fsp3) is 0.267. The Morgan fingerprint density at radius 3 is 2.36 bits per heavy atom. The van der Waals surface area contributed by atoms with Crippen molar-refractivity contribution in [1.29, 1.82) is 0 Å². The molecule has 1 atom stereocenters. The summed E-state index contributed by atoms with van der Waals surface area (Å²) in [6.45, 7) is 2.72. The minimum Gasteiger partial charge on any atom is -0.463 e. The number of halogens is 3. The number of rotatable bonds is 4. The fourth-order valence-corrected chi connectivity index (χ4v) is 1.91. The van der Waals surface area contributed by atoms with E-state index in [1.807, 2.05) is 0 Å². The van der Waals surface area contributed by atoms with E-state index in [9.17, 15) is 23.1 Å². The van der Waals surface area contributed by atoms with Crippen LogP contribution in [0.25, 0.3) is 0 Å². The van der Waals surface area contributed by atoms with E-state index in [0.29, 0.717) is 17.9 Å². The lowest BCUT2D eigenvalue weighted by atomic mass is 10.0. The van der Waals surface area contributed by atoms with Crippen molar-refractivity contribution in [3.63, 3.8) is 0 Å². The third-order valence-corrected chi connectivity index (χ3v) is 3.10. The van der Waals surface area contributed by atoms with Crippen LogP contribution in [0, 0.1) is 24.4 Å². The van der Waals surface area contributed by atoms with Crippen molar-refractivity contribution in [2.75, 3.05) is 6.54 Å². The Bertz CT molecular complexity index is 687. The van der Waals surface area contributed by atoms with Gasteiger partial charge in [0.2, 0.25) is 0 Å². The first-order valence-electron chi connectivity index (χ1n) is 6.43. The summed E-state index contributed by atoms with van der Waals surface area (Å²) in [5.74, 6) is -4.09. The maximum absolute atomic E-state index is 13.5. The lowest BCUT2D eigenvalue weighted by Crippen LogP contribution is -2.39. The molecule has 4 nitrogen and oxygen atoms in total. The molecule has 2 rings (SSSR count). The zero-order valence-corrected chi connectivity index (χ0v) is 11.9. The van der Waals surface area contributed by atoms with Gasteiger partial charge in [0.25, 0.3) is 5.91 Å². The predicted molar refractivity (Wildman–Crippen MR) is 71.7 cm³/mol. The molecule has 0 aliphatic rings. The maximum Gasteiger partial charge on any atom is 0.257 e. The quantitative estimate of drug-likeness (QED) is 0.912. The topological polar surface area (TPSA) is 62.5 Å². The molecule has 0 saturated carbocycles. The summed E-state index contributed by atoms with van der Waals surface area (Å²) >= 11 is 0. The molecule has 0 bridgehead atoms. The Kier molecular flexibility index (Phi) is 4.27. The lowest BCUT2D eigenvalue weighted by molar-refractivity contribution is 0.0322. The van der Waals surface area contributed by atoms with E-state index in [1.54, 1.807) is 13.0 Å². The molecular weight excluding hydrogens is 299 g/mol. The van der Waals surface area contributed by atoms with Gasteiger partial charge in [-0.25, -0.2) is 13.2 Å². The second kappa shape index (κ2) is 5.84. The number of hydrogen-bond donors (Lipinski definition) is 2. The Morgan fingerprint density at radius 2 is 1.86 bits per heavy atom. The van der Waals surface area contributed by atoms with Crippen LogP contribution in [0.1, 0.15) is 28.8 Å². The number of carbonyl (C=O) groups excluding carboxylic acids is 1. The Hall–Kier alpha value is -2.28. The third kappa shape index (κ3) is 3.30. The van der Waals surface area contributed by atoms with Crippen molar-refractivity contribution in [3.05, 3.63) is 58.8 Å². The zero-order valence-electron chi connectivity index (χ0n) is 11.9. The van der Waals surface area contributed by atoms with Gasteiger partial charge < -0.3 is 14.8 Å². The number of hydrogen-bond acceptors (Lipinski definition) is 3. The van der Waals surface area contributed by atoms with Gasteiger partial charge in [-0.1, -0.05) is 0 Å². The molecular formula is C15H14F3NO3. The number of carbonyl (C=O) groups is 1. The van der Waals surface area contributed by atoms with E-state index in [4.69, 9.17) is 4.42 Å². The average molecular weight is 313 g/mol. The van der Waals surface area contributed by atoms with E-state index in [1.165, 1.54) is 13.0 Å². The SMILES string of the molecule is Cc1ccc([C@](C)(O)CNC(=O)c2c(F)cc(F)cc2F)o1. The van der Waals surface area contributed by atoms with E-state index in [-0.39, 0.29) is 12.3 Å². The fourth-order valence-electron chi connectivity index (χ4n) is 1.91. The molecule has 0 aliphatic heterocycles. The van der Waals surface area contributed by atoms with Gasteiger partial charge >= 0.3 is 0 Å². The molecule has 0 unspecified atom stereocenters. The van der Waals surface area contributed by atoms with Crippen LogP contribution < -0.4 is 5.32 Å². The van der Waals surface area contributed by atoms with Gasteiger partial charge in [0.05, 0.1) is 6.54 Å². The summed E-state index contributed by atoms with van der Waals surface area (Å²) in [5.41, 5.74) is -2.47. The summed E-state index contributed by atoms with van der Waals surface area (Å²) in [6, 6.07) is 3.98. The van der Waals surface area contributed by atoms with Gasteiger partial charge in [0.1, 0.15) is 40.1 Å². The van der Waals surface area contributed by atoms with Gasteiger partial charge in [0, 0.05) is 12.1 Å². The highest BCUT2D eigenvalue weighted by Gasteiger charge is 2.29. The van der Waals surface area contributed by atoms with Crippen LogP contribution in [0.15, 0.2) is 28.7 Å². The predicted octanol–water partition coefficient (Wildman–Crippen LogP) is 2.64. The lowest BCUT2D eigenvalue weighted by Gasteiger charge is -2.21. The first-order valence-corrected chi connectivity index (χ1v) is 6.43. The molecule has 7 heteroatoms. The van der Waals surface area contributed by atoms with Crippen molar-refractivity contribution < 1.29 is 27.5 Å². The summed E-state index contributed by atoms with van der Waals surface area (Å²) in [6.07, 6.45) is 0. The summed E-state index contributed by atoms with van der Waals surface area (Å²) < 4.78 is 45.0. The number of nitrogens with one attached hydrogen (secondary N) is 1. The molecule has 0 spiro atoms. The highest BCUT2D eigenvalue weighted by molar-refractivity contribution is 5.94. The van der Waals surface area contributed by atoms with Crippen molar-refractivity contribution in [3.8, 4) is 0 Å². The molecule has 1 heterocycles. The minimum atomic E-state index is -1.56. The normalized spacial score (nSPS) is 13.7. The molecule has 1 amide bonds. The van der Waals surface area contributed by atoms with E-state index < -0.39 is 34.5 Å². The monoisotopic (exact) mass is 313 g/mol. The number of benzene rings is 1. The molecule has 22 heavy (non-hydrogen) atoms. The van der Waals surface area contributed by atoms with Crippen LogP contribution in [0.4, 0.5) is 13.2 Å². The average Bonchev–Trinajstić information content (AvgIpc) is 2.83. The van der Waals surface area contributed by atoms with Crippen LogP contribution >= 0.6 is 0 Å². The first-order chi connectivity index (χ1) is 10.2. The van der Waals surface area contributed by atoms with Crippen LogP contribution in [0.5, 0.6) is 0 Å². The summed E-state index contributed by atoms with van der Waals surface area (Å²) in [5, 5.41) is 12.4. The highest BCUT2D eigenvalue weighted by Crippen LogP contribution is 2.22. The molecule has 2 N–H and O–H groups in total. The summed E-state index contributed by atoms with van der Waals surface area (Å²) in [4.78, 5) is 11.8.